The zero-order chi connectivity index (χ0) is 35.2. The van der Waals surface area contributed by atoms with E-state index in [2.05, 4.69) is 36.3 Å². The minimum Gasteiger partial charge on any atom is -0.448 e. The second kappa shape index (κ2) is 15.8. The molecule has 2 aliphatic heterocycles. The molecule has 15 nitrogen and oxygen atoms in total. The first-order valence-electron chi connectivity index (χ1n) is 14.9. The van der Waals surface area contributed by atoms with Gasteiger partial charge in [-0.3, -0.25) is 19.3 Å². The largest absolute Gasteiger partial charge is 0.448 e. The highest BCUT2D eigenvalue weighted by atomic mass is 35.5. The molecule has 2 aromatic carbocycles. The number of fused-ring (bicyclic) bond motifs is 1. The molecule has 19 heteroatoms. The van der Waals surface area contributed by atoms with Crippen molar-refractivity contribution < 1.29 is 28.8 Å². The van der Waals surface area contributed by atoms with Gasteiger partial charge in [-0.2, -0.15) is 0 Å². The number of benzene rings is 2. The van der Waals surface area contributed by atoms with E-state index in [9.17, 15) is 19.2 Å². The van der Waals surface area contributed by atoms with E-state index in [-0.39, 0.29) is 28.1 Å². The third kappa shape index (κ3) is 7.52. The molecule has 1 saturated heterocycles. The Morgan fingerprint density at radius 2 is 1.82 bits per heavy atom. The Bertz CT molecular complexity index is 1920. The summed E-state index contributed by atoms with van der Waals surface area (Å²) in [4.78, 5) is 63.7. The molecule has 2 atom stereocenters. The van der Waals surface area contributed by atoms with Crippen LogP contribution < -0.4 is 10.6 Å². The van der Waals surface area contributed by atoms with Crippen molar-refractivity contribution in [1.29, 1.82) is 0 Å². The average Bonchev–Trinajstić information content (AvgIpc) is 3.78. The number of anilines is 1. The summed E-state index contributed by atoms with van der Waals surface area (Å²) in [5.41, 5.74) is 2.18. The maximum atomic E-state index is 14.2. The lowest BCUT2D eigenvalue weighted by Gasteiger charge is -2.49. The van der Waals surface area contributed by atoms with Gasteiger partial charge >= 0.3 is 5.97 Å². The first-order chi connectivity index (χ1) is 24.3. The third-order valence-corrected chi connectivity index (χ3v) is 10.9. The number of nitrogens with zero attached hydrogens (tertiary/aromatic N) is 7. The Balaban J connectivity index is 1.26. The van der Waals surface area contributed by atoms with E-state index in [4.69, 9.17) is 21.2 Å². The summed E-state index contributed by atoms with van der Waals surface area (Å²) in [5.74, 6) is -2.00. The number of oxime groups is 1. The van der Waals surface area contributed by atoms with Crippen LogP contribution in [-0.4, -0.2) is 95.4 Å². The molecule has 3 amide bonds. The number of β-lactam (4-membered cyclic amide) rings is 1. The second-order valence-corrected chi connectivity index (χ2v) is 13.8. The van der Waals surface area contributed by atoms with Gasteiger partial charge in [0, 0.05) is 23.9 Å². The van der Waals surface area contributed by atoms with E-state index in [1.54, 1.807) is 7.05 Å². The van der Waals surface area contributed by atoms with Gasteiger partial charge in [0.2, 0.25) is 11.1 Å². The van der Waals surface area contributed by atoms with Gasteiger partial charge in [-0.1, -0.05) is 77.6 Å². The highest BCUT2D eigenvalue weighted by Crippen LogP contribution is 2.42. The molecule has 6 rings (SSSR count). The van der Waals surface area contributed by atoms with Crippen LogP contribution in [0.3, 0.4) is 0 Å². The average molecular weight is 754 g/mol. The van der Waals surface area contributed by atoms with Gasteiger partial charge in [0.15, 0.2) is 16.9 Å². The molecule has 0 unspecified atom stereocenters. The van der Waals surface area contributed by atoms with Crippen LogP contribution in [-0.2, 0) is 35.8 Å². The molecule has 0 saturated carbocycles. The summed E-state index contributed by atoms with van der Waals surface area (Å²) in [6, 6.07) is 17.7. The molecule has 2 aliphatic rings. The lowest BCUT2D eigenvalue weighted by molar-refractivity contribution is -0.154. The molecule has 1 fully saturated rings. The summed E-state index contributed by atoms with van der Waals surface area (Å²) in [6.07, 6.45) is -0.751. The number of thiazole rings is 1. The minimum absolute atomic E-state index is 0.105. The Hall–Kier alpha value is -4.78. The molecule has 50 heavy (non-hydrogen) atoms. The molecule has 2 N–H and O–H groups in total. The number of aromatic nitrogens is 5. The number of amides is 3. The number of carbonyl (C=O) groups is 4. The summed E-state index contributed by atoms with van der Waals surface area (Å²) >= 11 is 9.34. The molecule has 0 bridgehead atoms. The molecule has 0 aliphatic carbocycles. The molecular formula is C31H28ClN9O6S3. The van der Waals surface area contributed by atoms with Crippen molar-refractivity contribution in [2.45, 2.75) is 22.7 Å². The van der Waals surface area contributed by atoms with Crippen molar-refractivity contribution >= 4 is 81.0 Å². The van der Waals surface area contributed by atoms with Crippen LogP contribution in [0.5, 0.6) is 0 Å². The van der Waals surface area contributed by atoms with E-state index in [0.717, 1.165) is 22.5 Å². The molecule has 4 heterocycles. The van der Waals surface area contributed by atoms with E-state index in [1.165, 1.54) is 45.6 Å². The van der Waals surface area contributed by atoms with Crippen molar-refractivity contribution in [2.75, 3.05) is 29.8 Å². The maximum absolute atomic E-state index is 14.2. The predicted octanol–water partition coefficient (Wildman–Crippen LogP) is 2.97. The number of aryl methyl sites for hydroxylation is 1. The van der Waals surface area contributed by atoms with Crippen molar-refractivity contribution in [3.05, 3.63) is 94.1 Å². The first kappa shape index (κ1) is 35.1. The zero-order valence-electron chi connectivity index (χ0n) is 26.4. The number of nitrogens with one attached hydrogen (secondary N) is 2. The number of tetrazole rings is 1. The fraction of sp³-hybridized carbons (Fsp3) is 0.258. The van der Waals surface area contributed by atoms with Crippen molar-refractivity contribution in [3.63, 3.8) is 0 Å². The number of halogens is 1. The van der Waals surface area contributed by atoms with Gasteiger partial charge in [-0.15, -0.1) is 39.8 Å². The number of carbonyl (C=O) groups excluding carboxylic acids is 4. The number of ether oxygens (including phenoxy) is 1. The van der Waals surface area contributed by atoms with Crippen LogP contribution in [0.1, 0.15) is 22.9 Å². The maximum Gasteiger partial charge on any atom is 0.356 e. The van der Waals surface area contributed by atoms with E-state index in [0.29, 0.717) is 22.2 Å². The molecular weight excluding hydrogens is 726 g/mol. The number of hydrogen-bond acceptors (Lipinski definition) is 14. The second-order valence-electron chi connectivity index (χ2n) is 10.6. The van der Waals surface area contributed by atoms with Gasteiger partial charge < -0.3 is 20.2 Å². The van der Waals surface area contributed by atoms with Crippen LogP contribution in [0, 0.1) is 0 Å². The van der Waals surface area contributed by atoms with Gasteiger partial charge in [0.25, 0.3) is 11.8 Å². The van der Waals surface area contributed by atoms with Gasteiger partial charge in [-0.05, 0) is 27.1 Å². The van der Waals surface area contributed by atoms with Gasteiger partial charge in [0.05, 0.1) is 0 Å². The predicted molar refractivity (Wildman–Crippen MR) is 187 cm³/mol. The van der Waals surface area contributed by atoms with Gasteiger partial charge in [-0.25, -0.2) is 14.5 Å². The number of thioether (sulfide) groups is 2. The summed E-state index contributed by atoms with van der Waals surface area (Å²) in [6.45, 7) is 0. The first-order valence-corrected chi connectivity index (χ1v) is 18.3. The fourth-order valence-corrected chi connectivity index (χ4v) is 8.24. The topological polar surface area (TPSA) is 183 Å². The van der Waals surface area contributed by atoms with Crippen LogP contribution in [0.25, 0.3) is 0 Å². The standard InChI is InChI=1S/C31H28ClN9O6S3/c1-40-31(36-38-39-40)50-15-19-14-48-28-23(35-26(43)22(37-46-2)20-16-49-30(33-20)34-21(42)13-32)27(44)41(28)24(19)29(45)47-25(17-9-5-3-6-10-17)18-11-7-4-8-12-18/h3-12,16,23,25,28H,13-15H2,1-2H3,(H,35,43)(H,33,34,42)/t23-,28-/m0/s1. The Kier molecular flexibility index (Phi) is 11.1. The molecule has 0 spiro atoms. The summed E-state index contributed by atoms with van der Waals surface area (Å²) in [5, 5.41) is 22.2. The van der Waals surface area contributed by atoms with Crippen LogP contribution >= 0.6 is 46.5 Å². The number of alkyl halides is 1. The molecule has 0 radical (unpaired) electrons. The third-order valence-electron chi connectivity index (χ3n) is 7.43. The lowest BCUT2D eigenvalue weighted by atomic mass is 10.0. The van der Waals surface area contributed by atoms with Crippen molar-refractivity contribution in [1.82, 2.24) is 35.4 Å². The number of hydrogen-bond donors (Lipinski definition) is 2. The van der Waals surface area contributed by atoms with Crippen LogP contribution in [0.2, 0.25) is 0 Å². The van der Waals surface area contributed by atoms with Crippen LogP contribution in [0.4, 0.5) is 5.13 Å². The molecule has 2 aromatic heterocycles. The smallest absolute Gasteiger partial charge is 0.356 e. The Morgan fingerprint density at radius 1 is 1.12 bits per heavy atom. The Morgan fingerprint density at radius 3 is 2.44 bits per heavy atom. The highest BCUT2D eigenvalue weighted by Gasteiger charge is 2.55. The number of rotatable bonds is 13. The van der Waals surface area contributed by atoms with E-state index < -0.39 is 41.2 Å². The highest BCUT2D eigenvalue weighted by molar-refractivity contribution is 8.01. The minimum atomic E-state index is -0.998. The van der Waals surface area contributed by atoms with Gasteiger partial charge in [0.1, 0.15) is 35.8 Å². The normalized spacial score (nSPS) is 17.2. The van der Waals surface area contributed by atoms with Crippen molar-refractivity contribution in [3.8, 4) is 0 Å². The fourth-order valence-electron chi connectivity index (χ4n) is 5.12. The summed E-state index contributed by atoms with van der Waals surface area (Å²) < 4.78 is 7.73. The van der Waals surface area contributed by atoms with Crippen LogP contribution in [0.15, 0.2) is 87.6 Å². The Labute approximate surface area is 302 Å². The monoisotopic (exact) mass is 753 g/mol. The summed E-state index contributed by atoms with van der Waals surface area (Å²) in [7, 11) is 2.97. The SMILES string of the molecule is CON=C(C(=O)N[C@H]1C(=O)N2C(C(=O)OC(c3ccccc3)c3ccccc3)=C(CSc3nnnn3C)CS[C@@H]12)c1csc(NC(=O)CCl)n1. The number of esters is 1. The van der Waals surface area contributed by atoms with E-state index >= 15 is 0 Å². The van der Waals surface area contributed by atoms with Crippen molar-refractivity contribution in [2.24, 2.45) is 12.2 Å². The molecule has 258 valence electrons. The van der Waals surface area contributed by atoms with E-state index in [1.807, 2.05) is 60.7 Å². The zero-order valence-corrected chi connectivity index (χ0v) is 29.6. The molecule has 4 aromatic rings. The quantitative estimate of drug-likeness (QED) is 0.0509. The lowest BCUT2D eigenvalue weighted by Crippen LogP contribution is -2.71.